The van der Waals surface area contributed by atoms with Crippen molar-refractivity contribution in [2.24, 2.45) is 5.73 Å². The average Bonchev–Trinajstić information content (AvgIpc) is 2.83. The van der Waals surface area contributed by atoms with Crippen molar-refractivity contribution in [1.29, 1.82) is 0 Å². The van der Waals surface area contributed by atoms with Crippen molar-refractivity contribution in [2.45, 2.75) is 26.3 Å². The van der Waals surface area contributed by atoms with Crippen molar-refractivity contribution in [3.05, 3.63) is 34.2 Å². The maximum atomic E-state index is 5.73. The number of anilines is 1. The Morgan fingerprint density at radius 3 is 2.63 bits per heavy atom. The molecular formula is C15H21N3S. The first-order valence-electron chi connectivity index (χ1n) is 6.50. The van der Waals surface area contributed by atoms with E-state index >= 15 is 0 Å². The van der Waals surface area contributed by atoms with Gasteiger partial charge in [-0.1, -0.05) is 26.0 Å². The van der Waals surface area contributed by atoms with Gasteiger partial charge in [0.25, 0.3) is 0 Å². The van der Waals surface area contributed by atoms with Gasteiger partial charge in [0.05, 0.1) is 5.69 Å². The summed E-state index contributed by atoms with van der Waals surface area (Å²) < 4.78 is 0. The Kier molecular flexibility index (Phi) is 4.22. The highest BCUT2D eigenvalue weighted by Gasteiger charge is 2.15. The molecule has 0 amide bonds. The van der Waals surface area contributed by atoms with Gasteiger partial charge in [-0.05, 0) is 18.1 Å². The second-order valence-corrected chi connectivity index (χ2v) is 6.24. The van der Waals surface area contributed by atoms with Crippen LogP contribution in [0.5, 0.6) is 0 Å². The molecule has 0 spiro atoms. The summed E-state index contributed by atoms with van der Waals surface area (Å²) in [6.07, 6.45) is 0. The van der Waals surface area contributed by atoms with E-state index in [9.17, 15) is 0 Å². The van der Waals surface area contributed by atoms with Crippen LogP contribution in [0.4, 0.5) is 5.69 Å². The lowest BCUT2D eigenvalue weighted by Gasteiger charge is -2.13. The lowest BCUT2D eigenvalue weighted by molar-refractivity contribution is 0.887. The van der Waals surface area contributed by atoms with E-state index in [-0.39, 0.29) is 0 Å². The number of hydrogen-bond acceptors (Lipinski definition) is 4. The van der Waals surface area contributed by atoms with Crippen LogP contribution in [0.25, 0.3) is 11.3 Å². The molecule has 102 valence electrons. The van der Waals surface area contributed by atoms with Gasteiger partial charge in [-0.25, -0.2) is 4.98 Å². The summed E-state index contributed by atoms with van der Waals surface area (Å²) in [5, 5.41) is 1.01. The van der Waals surface area contributed by atoms with Crippen molar-refractivity contribution < 1.29 is 0 Å². The summed E-state index contributed by atoms with van der Waals surface area (Å²) in [7, 11) is 4.10. The van der Waals surface area contributed by atoms with Crippen LogP contribution in [0.3, 0.4) is 0 Å². The third-order valence-corrected chi connectivity index (χ3v) is 4.41. The number of rotatable bonds is 4. The molecule has 0 fully saturated rings. The molecule has 0 aliphatic heterocycles. The van der Waals surface area contributed by atoms with Crippen molar-refractivity contribution in [3.8, 4) is 11.3 Å². The Hall–Kier alpha value is -1.39. The highest BCUT2D eigenvalue weighted by molar-refractivity contribution is 7.12. The minimum Gasteiger partial charge on any atom is -0.378 e. The Morgan fingerprint density at radius 1 is 1.32 bits per heavy atom. The van der Waals surface area contributed by atoms with Gasteiger partial charge in [0.15, 0.2) is 0 Å². The fourth-order valence-electron chi connectivity index (χ4n) is 1.99. The zero-order valence-electron chi connectivity index (χ0n) is 12.0. The molecule has 0 unspecified atom stereocenters. The first kappa shape index (κ1) is 14.0. The summed E-state index contributed by atoms with van der Waals surface area (Å²) >= 11 is 1.73. The van der Waals surface area contributed by atoms with E-state index in [1.54, 1.807) is 11.3 Å². The predicted molar refractivity (Wildman–Crippen MR) is 83.9 cm³/mol. The largest absolute Gasteiger partial charge is 0.378 e. The molecule has 3 nitrogen and oxygen atoms in total. The molecule has 2 aromatic rings. The molecule has 2 rings (SSSR count). The quantitative estimate of drug-likeness (QED) is 0.929. The van der Waals surface area contributed by atoms with Gasteiger partial charge in [-0.3, -0.25) is 0 Å². The molecule has 0 saturated carbocycles. The normalized spacial score (nSPS) is 11.1. The maximum Gasteiger partial charge on any atom is 0.107 e. The van der Waals surface area contributed by atoms with Crippen molar-refractivity contribution in [2.75, 3.05) is 19.0 Å². The van der Waals surface area contributed by atoms with Gasteiger partial charge in [-0.15, -0.1) is 11.3 Å². The number of nitrogens with two attached hydrogens (primary N) is 1. The van der Waals surface area contributed by atoms with Crippen molar-refractivity contribution in [1.82, 2.24) is 4.98 Å². The second-order valence-electron chi connectivity index (χ2n) is 5.12. The number of thiazole rings is 1. The van der Waals surface area contributed by atoms with E-state index in [0.717, 1.165) is 10.7 Å². The number of hydrogen-bond donors (Lipinski definition) is 1. The minimum atomic E-state index is 0.468. The van der Waals surface area contributed by atoms with Gasteiger partial charge in [0, 0.05) is 36.8 Å². The molecule has 4 heteroatoms. The van der Waals surface area contributed by atoms with Crippen LogP contribution in [0, 0.1) is 0 Å². The van der Waals surface area contributed by atoms with Gasteiger partial charge in [0.2, 0.25) is 0 Å². The number of aromatic nitrogens is 1. The molecule has 0 aliphatic carbocycles. The van der Waals surface area contributed by atoms with E-state index in [1.165, 1.54) is 16.1 Å². The SMILES string of the molecule is CC(C)c1sc(CN)nc1-c1cccc(N(C)C)c1. The van der Waals surface area contributed by atoms with E-state index in [0.29, 0.717) is 12.5 Å². The Labute approximate surface area is 119 Å². The molecule has 1 aromatic carbocycles. The van der Waals surface area contributed by atoms with Crippen LogP contribution in [-0.2, 0) is 6.54 Å². The Bertz CT molecular complexity index is 558. The Morgan fingerprint density at radius 2 is 2.05 bits per heavy atom. The molecule has 2 N–H and O–H groups in total. The van der Waals surface area contributed by atoms with Gasteiger partial charge in [-0.2, -0.15) is 0 Å². The number of nitrogens with zero attached hydrogens (tertiary/aromatic N) is 2. The highest BCUT2D eigenvalue weighted by atomic mass is 32.1. The summed E-state index contributed by atoms with van der Waals surface area (Å²) in [5.74, 6) is 0.468. The lowest BCUT2D eigenvalue weighted by Crippen LogP contribution is -2.08. The molecule has 0 radical (unpaired) electrons. The first-order valence-corrected chi connectivity index (χ1v) is 7.32. The van der Waals surface area contributed by atoms with E-state index in [1.807, 2.05) is 0 Å². The lowest BCUT2D eigenvalue weighted by atomic mass is 10.0. The minimum absolute atomic E-state index is 0.468. The van der Waals surface area contributed by atoms with Crippen LogP contribution in [0.15, 0.2) is 24.3 Å². The summed E-state index contributed by atoms with van der Waals surface area (Å²) in [4.78, 5) is 8.12. The average molecular weight is 275 g/mol. The molecule has 0 aliphatic rings. The zero-order valence-corrected chi connectivity index (χ0v) is 12.8. The standard InChI is InChI=1S/C15H21N3S/c1-10(2)15-14(17-13(9-16)19-15)11-6-5-7-12(8-11)18(3)4/h5-8,10H,9,16H2,1-4H3. The maximum absolute atomic E-state index is 5.73. The third kappa shape index (κ3) is 2.96. The van der Waals surface area contributed by atoms with Crippen molar-refractivity contribution >= 4 is 17.0 Å². The molecule has 1 heterocycles. The van der Waals surface area contributed by atoms with Crippen LogP contribution >= 0.6 is 11.3 Å². The fraction of sp³-hybridized carbons (Fsp3) is 0.400. The monoisotopic (exact) mass is 275 g/mol. The third-order valence-electron chi connectivity index (χ3n) is 3.03. The summed E-state index contributed by atoms with van der Waals surface area (Å²) in [6.45, 7) is 4.91. The smallest absolute Gasteiger partial charge is 0.107 e. The summed E-state index contributed by atoms with van der Waals surface area (Å²) in [5.41, 5.74) is 9.18. The van der Waals surface area contributed by atoms with Crippen LogP contribution in [-0.4, -0.2) is 19.1 Å². The molecule has 1 aromatic heterocycles. The molecule has 0 atom stereocenters. The second kappa shape index (κ2) is 5.72. The van der Waals surface area contributed by atoms with Gasteiger partial charge >= 0.3 is 0 Å². The number of benzene rings is 1. The van der Waals surface area contributed by atoms with E-state index in [2.05, 4.69) is 57.1 Å². The van der Waals surface area contributed by atoms with Crippen LogP contribution in [0.1, 0.15) is 29.7 Å². The van der Waals surface area contributed by atoms with Crippen LogP contribution in [0.2, 0.25) is 0 Å². The zero-order chi connectivity index (χ0) is 14.0. The Balaban J connectivity index is 2.51. The van der Waals surface area contributed by atoms with Gasteiger partial charge < -0.3 is 10.6 Å². The summed E-state index contributed by atoms with van der Waals surface area (Å²) in [6, 6.07) is 8.49. The fourth-order valence-corrected chi connectivity index (χ4v) is 2.96. The molecule has 0 bridgehead atoms. The van der Waals surface area contributed by atoms with Gasteiger partial charge in [0.1, 0.15) is 5.01 Å². The van der Waals surface area contributed by atoms with Crippen LogP contribution < -0.4 is 10.6 Å². The molecule has 0 saturated heterocycles. The molecular weight excluding hydrogens is 254 g/mol. The van der Waals surface area contributed by atoms with E-state index in [4.69, 9.17) is 10.7 Å². The topological polar surface area (TPSA) is 42.1 Å². The first-order chi connectivity index (χ1) is 9.02. The predicted octanol–water partition coefficient (Wildman–Crippen LogP) is 3.46. The van der Waals surface area contributed by atoms with Crippen molar-refractivity contribution in [3.63, 3.8) is 0 Å². The molecule has 19 heavy (non-hydrogen) atoms. The highest BCUT2D eigenvalue weighted by Crippen LogP contribution is 2.34. The van der Waals surface area contributed by atoms with E-state index < -0.39 is 0 Å².